The quantitative estimate of drug-likeness (QED) is 0.628. The maximum Gasteiger partial charge on any atom is 0.305 e. The summed E-state index contributed by atoms with van der Waals surface area (Å²) in [4.78, 5) is 24.5. The summed E-state index contributed by atoms with van der Waals surface area (Å²) in [5.41, 5.74) is 1.58. The van der Waals surface area contributed by atoms with Crippen LogP contribution in [0.2, 0.25) is 0 Å². The molecular formula is C16H19N3O4S. The molecule has 8 heteroatoms. The zero-order valence-corrected chi connectivity index (χ0v) is 14.5. The fourth-order valence-corrected chi connectivity index (χ4v) is 3.32. The fourth-order valence-electron chi connectivity index (χ4n) is 2.17. The van der Waals surface area contributed by atoms with Crippen molar-refractivity contribution in [1.82, 2.24) is 4.90 Å². The Morgan fingerprint density at radius 2 is 2.04 bits per heavy atom. The number of rotatable bonds is 6. The molecule has 1 aromatic carbocycles. The number of amides is 1. The van der Waals surface area contributed by atoms with E-state index in [-0.39, 0.29) is 12.3 Å². The first-order valence-electron chi connectivity index (χ1n) is 7.42. The number of carboxylic acid groups (broad SMARTS) is 1. The third-order valence-electron chi connectivity index (χ3n) is 3.49. The van der Waals surface area contributed by atoms with Crippen LogP contribution in [-0.4, -0.2) is 51.7 Å². The highest BCUT2D eigenvalue weighted by Gasteiger charge is 2.38. The lowest BCUT2D eigenvalue weighted by atomic mass is 10.1. The van der Waals surface area contributed by atoms with E-state index in [0.29, 0.717) is 17.4 Å². The Bertz CT molecular complexity index is 685. The second kappa shape index (κ2) is 7.96. The first-order chi connectivity index (χ1) is 11.5. The molecule has 0 aliphatic carbocycles. The zero-order chi connectivity index (χ0) is 17.7. The van der Waals surface area contributed by atoms with Crippen molar-refractivity contribution in [2.75, 3.05) is 13.7 Å². The van der Waals surface area contributed by atoms with E-state index in [4.69, 9.17) is 9.84 Å². The first kappa shape index (κ1) is 18.0. The highest BCUT2D eigenvalue weighted by molar-refractivity contribution is 8.15. The molecule has 0 unspecified atom stereocenters. The van der Waals surface area contributed by atoms with Crippen LogP contribution in [0.25, 0.3) is 0 Å². The molecule has 0 saturated carbocycles. The van der Waals surface area contributed by atoms with Crippen molar-refractivity contribution in [1.29, 1.82) is 0 Å². The minimum Gasteiger partial charge on any atom is -0.497 e. The molecule has 7 nitrogen and oxygen atoms in total. The van der Waals surface area contributed by atoms with Gasteiger partial charge in [-0.1, -0.05) is 11.8 Å². The molecule has 2 rings (SSSR count). The summed E-state index contributed by atoms with van der Waals surface area (Å²) in [6.07, 6.45) is -0.222. The topological polar surface area (TPSA) is 91.6 Å². The van der Waals surface area contributed by atoms with E-state index >= 15 is 0 Å². The van der Waals surface area contributed by atoms with Gasteiger partial charge in [-0.25, -0.2) is 0 Å². The number of methoxy groups -OCH3 is 1. The van der Waals surface area contributed by atoms with Gasteiger partial charge in [0.2, 0.25) is 5.91 Å². The molecule has 0 bridgehead atoms. The van der Waals surface area contributed by atoms with Crippen molar-refractivity contribution < 1.29 is 19.4 Å². The van der Waals surface area contributed by atoms with Crippen LogP contribution in [-0.2, 0) is 9.59 Å². The number of ether oxygens (including phenoxy) is 1. The van der Waals surface area contributed by atoms with Gasteiger partial charge >= 0.3 is 5.97 Å². The predicted octanol–water partition coefficient (Wildman–Crippen LogP) is 2.21. The molecule has 1 fully saturated rings. The molecule has 1 atom stereocenters. The van der Waals surface area contributed by atoms with Crippen molar-refractivity contribution in [3.63, 3.8) is 0 Å². The van der Waals surface area contributed by atoms with E-state index in [0.717, 1.165) is 23.1 Å². The molecule has 128 valence electrons. The lowest BCUT2D eigenvalue weighted by molar-refractivity contribution is -0.139. The maximum atomic E-state index is 12.2. The minimum absolute atomic E-state index is 0.222. The summed E-state index contributed by atoms with van der Waals surface area (Å²) < 4.78 is 5.11. The van der Waals surface area contributed by atoms with E-state index in [1.54, 1.807) is 7.11 Å². The van der Waals surface area contributed by atoms with Crippen LogP contribution >= 0.6 is 11.8 Å². The van der Waals surface area contributed by atoms with Gasteiger partial charge in [-0.15, -0.1) is 5.10 Å². The van der Waals surface area contributed by atoms with E-state index in [1.165, 1.54) is 4.90 Å². The monoisotopic (exact) mass is 349 g/mol. The Balaban J connectivity index is 2.18. The van der Waals surface area contributed by atoms with Crippen molar-refractivity contribution in [3.8, 4) is 5.75 Å². The standard InChI is InChI=1S/C16H19N3O4S/c1-4-19-15(22)13(9-14(20)21)24-16(19)18-17-10(2)11-5-7-12(23-3)8-6-11/h5-8,13H,4,9H2,1-3H3,(H,20,21)/b17-10+,18-16-/t13-/m1/s1. The van der Waals surface area contributed by atoms with Gasteiger partial charge in [-0.2, -0.15) is 5.10 Å². The van der Waals surface area contributed by atoms with Crippen molar-refractivity contribution in [2.45, 2.75) is 25.5 Å². The van der Waals surface area contributed by atoms with Crippen molar-refractivity contribution >= 4 is 34.5 Å². The van der Waals surface area contributed by atoms with Gasteiger partial charge < -0.3 is 9.84 Å². The molecule has 0 radical (unpaired) electrons. The van der Waals surface area contributed by atoms with Gasteiger partial charge in [-0.3, -0.25) is 14.5 Å². The SMILES string of the molecule is CCN1C(=O)[C@@H](CC(=O)O)S/C1=N\N=C(/C)c1ccc(OC)cc1. The number of carbonyl (C=O) groups excluding carboxylic acids is 1. The Morgan fingerprint density at radius 1 is 1.38 bits per heavy atom. The van der Waals surface area contributed by atoms with Crippen molar-refractivity contribution in [3.05, 3.63) is 29.8 Å². The molecule has 1 saturated heterocycles. The third-order valence-corrected chi connectivity index (χ3v) is 4.66. The predicted molar refractivity (Wildman–Crippen MR) is 93.7 cm³/mol. The summed E-state index contributed by atoms with van der Waals surface area (Å²) in [6.45, 7) is 4.06. The maximum absolute atomic E-state index is 12.2. The molecule has 1 aliphatic rings. The van der Waals surface area contributed by atoms with Crippen molar-refractivity contribution in [2.24, 2.45) is 10.2 Å². The number of nitrogens with zero attached hydrogens (tertiary/aromatic N) is 3. The molecule has 1 heterocycles. The highest BCUT2D eigenvalue weighted by Crippen LogP contribution is 2.29. The summed E-state index contributed by atoms with van der Waals surface area (Å²) in [6, 6.07) is 7.40. The van der Waals surface area contributed by atoms with Crippen LogP contribution in [0, 0.1) is 0 Å². The molecule has 1 amide bonds. The molecule has 24 heavy (non-hydrogen) atoms. The van der Waals surface area contributed by atoms with E-state index < -0.39 is 11.2 Å². The highest BCUT2D eigenvalue weighted by atomic mass is 32.2. The van der Waals surface area contributed by atoms with Gasteiger partial charge in [0, 0.05) is 6.54 Å². The smallest absolute Gasteiger partial charge is 0.305 e. The average molecular weight is 349 g/mol. The van der Waals surface area contributed by atoms with Crippen LogP contribution in [0.3, 0.4) is 0 Å². The lowest BCUT2D eigenvalue weighted by Crippen LogP contribution is -2.32. The van der Waals surface area contributed by atoms with Gasteiger partial charge in [0.1, 0.15) is 11.0 Å². The number of hydrogen-bond acceptors (Lipinski definition) is 6. The summed E-state index contributed by atoms with van der Waals surface area (Å²) in [5.74, 6) is -0.486. The average Bonchev–Trinajstić information content (AvgIpc) is 2.87. The van der Waals surface area contributed by atoms with Crippen LogP contribution < -0.4 is 4.74 Å². The fraction of sp³-hybridized carbons (Fsp3) is 0.375. The summed E-state index contributed by atoms with van der Waals surface area (Å²) >= 11 is 1.14. The van der Waals surface area contributed by atoms with Crippen LogP contribution in [0.4, 0.5) is 0 Å². The minimum atomic E-state index is -1.00. The van der Waals surface area contributed by atoms with E-state index in [1.807, 2.05) is 38.1 Å². The Morgan fingerprint density at radius 3 is 2.58 bits per heavy atom. The number of aliphatic carboxylic acids is 1. The zero-order valence-electron chi connectivity index (χ0n) is 13.7. The normalized spacial score (nSPS) is 19.9. The number of amidine groups is 1. The lowest BCUT2D eigenvalue weighted by Gasteiger charge is -2.11. The van der Waals surface area contributed by atoms with Gasteiger partial charge in [0.25, 0.3) is 0 Å². The summed E-state index contributed by atoms with van der Waals surface area (Å²) in [7, 11) is 1.60. The second-order valence-corrected chi connectivity index (χ2v) is 6.25. The number of benzene rings is 1. The van der Waals surface area contributed by atoms with Crippen LogP contribution in [0.5, 0.6) is 5.75 Å². The van der Waals surface area contributed by atoms with E-state index in [9.17, 15) is 9.59 Å². The molecular weight excluding hydrogens is 330 g/mol. The Labute approximate surface area is 144 Å². The molecule has 0 aromatic heterocycles. The Kier molecular flexibility index (Phi) is 5.97. The number of hydrogen-bond donors (Lipinski definition) is 1. The number of carboxylic acids is 1. The molecule has 1 aromatic rings. The largest absolute Gasteiger partial charge is 0.497 e. The molecule has 1 aliphatic heterocycles. The van der Waals surface area contributed by atoms with Gasteiger partial charge in [-0.05, 0) is 43.7 Å². The Hall–Kier alpha value is -2.35. The van der Waals surface area contributed by atoms with Gasteiger partial charge in [0.15, 0.2) is 5.17 Å². The van der Waals surface area contributed by atoms with E-state index in [2.05, 4.69) is 10.2 Å². The first-order valence-corrected chi connectivity index (χ1v) is 8.30. The summed E-state index contributed by atoms with van der Waals surface area (Å²) in [5, 5.41) is 17.0. The molecule has 1 N–H and O–H groups in total. The number of thioether (sulfide) groups is 1. The third kappa shape index (κ3) is 4.14. The second-order valence-electron chi connectivity index (χ2n) is 5.08. The van der Waals surface area contributed by atoms with Crippen LogP contribution in [0.15, 0.2) is 34.5 Å². The van der Waals surface area contributed by atoms with Gasteiger partial charge in [0.05, 0.1) is 19.2 Å². The number of carbonyl (C=O) groups is 2. The molecule has 0 spiro atoms. The van der Waals surface area contributed by atoms with Crippen LogP contribution in [0.1, 0.15) is 25.8 Å².